The largest absolute Gasteiger partial charge is 0.497 e. The van der Waals surface area contributed by atoms with Gasteiger partial charge in [0.1, 0.15) is 5.75 Å². The van der Waals surface area contributed by atoms with Crippen molar-refractivity contribution in [3.05, 3.63) is 29.8 Å². The number of nitrogens with one attached hydrogen (secondary N) is 1. The third-order valence-electron chi connectivity index (χ3n) is 7.26. The Kier molecular flexibility index (Phi) is 5.81. The summed E-state index contributed by atoms with van der Waals surface area (Å²) in [6.45, 7) is 3.92. The van der Waals surface area contributed by atoms with Gasteiger partial charge in [0, 0.05) is 37.8 Å². The maximum absolute atomic E-state index is 13.3. The molecule has 1 N–H and O–H groups in total. The minimum Gasteiger partial charge on any atom is -0.497 e. The molecule has 3 fully saturated rings. The van der Waals surface area contributed by atoms with Crippen molar-refractivity contribution in [2.45, 2.75) is 64.1 Å². The lowest BCUT2D eigenvalue weighted by atomic mass is 9.71. The van der Waals surface area contributed by atoms with Gasteiger partial charge in [-0.05, 0) is 56.2 Å². The van der Waals surface area contributed by atoms with Crippen molar-refractivity contribution in [1.29, 1.82) is 0 Å². The molecule has 158 valence electrons. The lowest BCUT2D eigenvalue weighted by Gasteiger charge is -2.36. The number of carbonyl (C=O) groups excluding carboxylic acids is 2. The van der Waals surface area contributed by atoms with Crippen LogP contribution >= 0.6 is 0 Å². The summed E-state index contributed by atoms with van der Waals surface area (Å²) in [7, 11) is 1.64. The highest BCUT2D eigenvalue weighted by molar-refractivity contribution is 5.87. The molecule has 29 heavy (non-hydrogen) atoms. The summed E-state index contributed by atoms with van der Waals surface area (Å²) in [5.41, 5.74) is 0.583. The van der Waals surface area contributed by atoms with E-state index >= 15 is 0 Å². The van der Waals surface area contributed by atoms with Crippen LogP contribution in [0.3, 0.4) is 0 Å². The molecule has 0 saturated carbocycles. The zero-order valence-electron chi connectivity index (χ0n) is 17.5. The van der Waals surface area contributed by atoms with Crippen LogP contribution in [0.2, 0.25) is 0 Å². The zero-order chi connectivity index (χ0) is 20.4. The highest BCUT2D eigenvalue weighted by Crippen LogP contribution is 2.52. The fourth-order valence-electron chi connectivity index (χ4n) is 5.56. The minimum absolute atomic E-state index is 0.0312. The number of ether oxygens (including phenoxy) is 2. The number of carbonyl (C=O) groups is 2. The van der Waals surface area contributed by atoms with Crippen LogP contribution in [0.25, 0.3) is 0 Å². The first-order valence-electron chi connectivity index (χ1n) is 10.9. The number of methoxy groups -OCH3 is 1. The average molecular weight is 401 g/mol. The van der Waals surface area contributed by atoms with E-state index in [0.29, 0.717) is 19.8 Å². The molecular weight excluding hydrogens is 368 g/mol. The first kappa shape index (κ1) is 20.2. The summed E-state index contributed by atoms with van der Waals surface area (Å²) < 4.78 is 10.6. The SMILES string of the molecule is CC[C@]1(C(=O)NCc2ccc(OC)cc2)C[C@H]2CC[C@@H]1N2C(=O)C1CCOCC1. The Bertz CT molecular complexity index is 744. The summed E-state index contributed by atoms with van der Waals surface area (Å²) in [4.78, 5) is 28.7. The van der Waals surface area contributed by atoms with Gasteiger partial charge < -0.3 is 19.7 Å². The fraction of sp³-hybridized carbons (Fsp3) is 0.652. The summed E-state index contributed by atoms with van der Waals surface area (Å²) >= 11 is 0. The van der Waals surface area contributed by atoms with Gasteiger partial charge in [-0.15, -0.1) is 0 Å². The van der Waals surface area contributed by atoms with Crippen LogP contribution in [0.5, 0.6) is 5.75 Å². The summed E-state index contributed by atoms with van der Waals surface area (Å²) in [6, 6.07) is 8.00. The van der Waals surface area contributed by atoms with E-state index in [4.69, 9.17) is 9.47 Å². The Labute approximate surface area is 172 Å². The Morgan fingerprint density at radius 1 is 1.17 bits per heavy atom. The van der Waals surface area contributed by atoms with E-state index in [0.717, 1.165) is 49.8 Å². The number of hydrogen-bond acceptors (Lipinski definition) is 4. The van der Waals surface area contributed by atoms with Crippen LogP contribution in [0.1, 0.15) is 51.0 Å². The van der Waals surface area contributed by atoms with E-state index < -0.39 is 5.41 Å². The Balaban J connectivity index is 1.45. The molecule has 4 rings (SSSR count). The Hall–Kier alpha value is -2.08. The summed E-state index contributed by atoms with van der Waals surface area (Å²) in [6.07, 6.45) is 5.11. The van der Waals surface area contributed by atoms with Crippen molar-refractivity contribution in [2.24, 2.45) is 11.3 Å². The smallest absolute Gasteiger partial charge is 0.228 e. The van der Waals surface area contributed by atoms with Gasteiger partial charge in [-0.25, -0.2) is 0 Å². The predicted molar refractivity (Wildman–Crippen MR) is 109 cm³/mol. The molecule has 0 aliphatic carbocycles. The number of nitrogens with zero attached hydrogens (tertiary/aromatic N) is 1. The first-order chi connectivity index (χ1) is 14.1. The van der Waals surface area contributed by atoms with Gasteiger partial charge in [0.2, 0.25) is 11.8 Å². The molecule has 2 bridgehead atoms. The number of benzene rings is 1. The molecule has 3 aliphatic rings. The van der Waals surface area contributed by atoms with Crippen LogP contribution in [0.15, 0.2) is 24.3 Å². The van der Waals surface area contributed by atoms with E-state index in [-0.39, 0.29) is 29.8 Å². The van der Waals surface area contributed by atoms with Crippen molar-refractivity contribution in [3.8, 4) is 5.75 Å². The second-order valence-electron chi connectivity index (χ2n) is 8.62. The van der Waals surface area contributed by atoms with Crippen LogP contribution < -0.4 is 10.1 Å². The van der Waals surface area contributed by atoms with Gasteiger partial charge in [0.25, 0.3) is 0 Å². The van der Waals surface area contributed by atoms with Crippen molar-refractivity contribution in [1.82, 2.24) is 10.2 Å². The molecule has 0 aromatic heterocycles. The number of hydrogen-bond donors (Lipinski definition) is 1. The lowest BCUT2D eigenvalue weighted by Crippen LogP contribution is -2.50. The summed E-state index contributed by atoms with van der Waals surface area (Å²) in [5, 5.41) is 3.16. The molecule has 0 radical (unpaired) electrons. The second-order valence-corrected chi connectivity index (χ2v) is 8.62. The van der Waals surface area contributed by atoms with Gasteiger partial charge in [-0.1, -0.05) is 19.1 Å². The van der Waals surface area contributed by atoms with Crippen LogP contribution in [-0.2, 0) is 20.9 Å². The van der Waals surface area contributed by atoms with Crippen molar-refractivity contribution >= 4 is 11.8 Å². The van der Waals surface area contributed by atoms with Crippen LogP contribution in [-0.4, -0.2) is 49.1 Å². The van der Waals surface area contributed by atoms with Crippen LogP contribution in [0, 0.1) is 11.3 Å². The van der Waals surface area contributed by atoms with Gasteiger partial charge in [0.05, 0.1) is 12.5 Å². The Morgan fingerprint density at radius 2 is 1.90 bits per heavy atom. The molecule has 0 unspecified atom stereocenters. The van der Waals surface area contributed by atoms with Gasteiger partial charge >= 0.3 is 0 Å². The van der Waals surface area contributed by atoms with Crippen molar-refractivity contribution in [3.63, 3.8) is 0 Å². The first-order valence-corrected chi connectivity index (χ1v) is 10.9. The molecule has 3 atom stereocenters. The predicted octanol–water partition coefficient (Wildman–Crippen LogP) is 2.90. The number of amides is 2. The molecule has 6 heteroatoms. The third kappa shape index (κ3) is 3.63. The average Bonchev–Trinajstić information content (AvgIpc) is 3.34. The quantitative estimate of drug-likeness (QED) is 0.797. The monoisotopic (exact) mass is 400 g/mol. The van der Waals surface area contributed by atoms with E-state index in [2.05, 4.69) is 17.1 Å². The molecule has 0 spiro atoms. The highest BCUT2D eigenvalue weighted by Gasteiger charge is 2.60. The third-order valence-corrected chi connectivity index (χ3v) is 7.26. The molecular formula is C23H32N2O4. The second kappa shape index (κ2) is 8.34. The maximum Gasteiger partial charge on any atom is 0.228 e. The Morgan fingerprint density at radius 3 is 2.55 bits per heavy atom. The highest BCUT2D eigenvalue weighted by atomic mass is 16.5. The van der Waals surface area contributed by atoms with Gasteiger partial charge in [-0.3, -0.25) is 9.59 Å². The van der Waals surface area contributed by atoms with Crippen molar-refractivity contribution in [2.75, 3.05) is 20.3 Å². The topological polar surface area (TPSA) is 67.9 Å². The molecule has 3 heterocycles. The van der Waals surface area contributed by atoms with Crippen LogP contribution in [0.4, 0.5) is 0 Å². The normalized spacial score (nSPS) is 29.1. The van der Waals surface area contributed by atoms with Crippen molar-refractivity contribution < 1.29 is 19.1 Å². The molecule has 3 saturated heterocycles. The molecule has 6 nitrogen and oxygen atoms in total. The van der Waals surface area contributed by atoms with E-state index in [1.165, 1.54) is 0 Å². The number of fused-ring (bicyclic) bond motifs is 2. The molecule has 3 aliphatic heterocycles. The molecule has 2 amide bonds. The van der Waals surface area contributed by atoms with E-state index in [9.17, 15) is 9.59 Å². The fourth-order valence-corrected chi connectivity index (χ4v) is 5.56. The van der Waals surface area contributed by atoms with Gasteiger partial charge in [0.15, 0.2) is 0 Å². The zero-order valence-corrected chi connectivity index (χ0v) is 17.5. The number of rotatable bonds is 6. The minimum atomic E-state index is -0.462. The van der Waals surface area contributed by atoms with Gasteiger partial charge in [-0.2, -0.15) is 0 Å². The summed E-state index contributed by atoms with van der Waals surface area (Å²) in [5.74, 6) is 1.20. The van der Waals surface area contributed by atoms with E-state index in [1.807, 2.05) is 24.3 Å². The standard InChI is InChI=1S/C23H32N2O4/c1-3-23(22(27)24-15-16-4-7-19(28-2)8-5-16)14-18-6-9-20(23)25(18)21(26)17-10-12-29-13-11-17/h4-5,7-8,17-18,20H,3,6,9-15H2,1-2H3,(H,24,27)/t18-,20+,23+/m1/s1. The lowest BCUT2D eigenvalue weighted by molar-refractivity contribution is -0.142. The molecule has 1 aromatic rings. The maximum atomic E-state index is 13.3. The molecule has 1 aromatic carbocycles. The van der Waals surface area contributed by atoms with E-state index in [1.54, 1.807) is 7.11 Å².